The Hall–Kier alpha value is -4.19. The number of carbonyl (C=O) groups is 2. The molecule has 3 aromatic carbocycles. The van der Waals surface area contributed by atoms with Crippen molar-refractivity contribution in [3.63, 3.8) is 0 Å². The van der Waals surface area contributed by atoms with Crippen LogP contribution in [0.5, 0.6) is 5.75 Å². The van der Waals surface area contributed by atoms with Crippen LogP contribution in [0.1, 0.15) is 31.7 Å². The van der Waals surface area contributed by atoms with E-state index in [0.717, 1.165) is 24.1 Å². The Bertz CT molecular complexity index is 1880. The predicted molar refractivity (Wildman–Crippen MR) is 179 cm³/mol. The van der Waals surface area contributed by atoms with Crippen LogP contribution in [-0.4, -0.2) is 72.1 Å². The number of carbonyl (C=O) groups excluding carboxylic acids is 2. The number of rotatable bonds is 7. The number of H-pyrrole nitrogens is 1. The second-order valence-corrected chi connectivity index (χ2v) is 18.1. The van der Waals surface area contributed by atoms with E-state index < -0.39 is 19.8 Å². The van der Waals surface area contributed by atoms with Crippen molar-refractivity contribution in [1.29, 1.82) is 0 Å². The summed E-state index contributed by atoms with van der Waals surface area (Å²) in [6.07, 6.45) is 1.20. The molecule has 7 rings (SSSR count). The molecule has 3 aliphatic heterocycles. The molecule has 3 aliphatic rings. The second-order valence-electron chi connectivity index (χ2n) is 13.4. The average molecular weight is 641 g/mol. The van der Waals surface area contributed by atoms with Crippen molar-refractivity contribution in [3.05, 3.63) is 82.6 Å². The van der Waals surface area contributed by atoms with Gasteiger partial charge < -0.3 is 24.8 Å². The molecule has 5 atom stereocenters. The van der Waals surface area contributed by atoms with E-state index in [-0.39, 0.29) is 47.9 Å². The van der Waals surface area contributed by atoms with E-state index >= 15 is 0 Å². The Labute approximate surface area is 268 Å². The minimum atomic E-state index is -2.44. The van der Waals surface area contributed by atoms with Crippen molar-refractivity contribution in [2.45, 2.75) is 62.6 Å². The smallest absolute Gasteiger partial charge is 0.279 e. The van der Waals surface area contributed by atoms with E-state index in [0.29, 0.717) is 28.9 Å². The molecule has 4 heterocycles. The number of likely N-dealkylation sites (tertiary alicyclic amines) is 1. The van der Waals surface area contributed by atoms with E-state index in [1.165, 1.54) is 9.87 Å². The Morgan fingerprint density at radius 1 is 1.11 bits per heavy atom. The normalized spacial score (nSPS) is 25.8. The van der Waals surface area contributed by atoms with Crippen molar-refractivity contribution < 1.29 is 24.2 Å². The Balaban J connectivity index is 1.33. The van der Waals surface area contributed by atoms with Gasteiger partial charge in [-0.3, -0.25) is 19.5 Å². The molecule has 46 heavy (non-hydrogen) atoms. The van der Waals surface area contributed by atoms with Crippen LogP contribution in [0.25, 0.3) is 16.6 Å². The number of nitrogens with zero attached hydrogens (tertiary/aromatic N) is 2. The van der Waals surface area contributed by atoms with Crippen LogP contribution >= 0.6 is 0 Å². The van der Waals surface area contributed by atoms with Gasteiger partial charge in [0.15, 0.2) is 5.60 Å². The third-order valence-corrected chi connectivity index (χ3v) is 15.1. The Morgan fingerprint density at radius 2 is 1.87 bits per heavy atom. The summed E-state index contributed by atoms with van der Waals surface area (Å²) in [6.45, 7) is 7.15. The highest BCUT2D eigenvalue weighted by molar-refractivity contribution is 6.91. The van der Waals surface area contributed by atoms with Gasteiger partial charge in [-0.2, -0.15) is 0 Å². The van der Waals surface area contributed by atoms with Gasteiger partial charge in [0.05, 0.1) is 56.9 Å². The van der Waals surface area contributed by atoms with Crippen LogP contribution < -0.4 is 20.8 Å². The van der Waals surface area contributed by atoms with Gasteiger partial charge in [-0.05, 0) is 60.8 Å². The summed E-state index contributed by atoms with van der Waals surface area (Å²) < 4.78 is 13.9. The van der Waals surface area contributed by atoms with Gasteiger partial charge in [-0.1, -0.05) is 49.5 Å². The molecular formula is C35H40N4O6Si. The number of hydrogen-bond donors (Lipinski definition) is 3. The lowest BCUT2D eigenvalue weighted by Crippen LogP contribution is -2.52. The number of aromatic nitrogens is 2. The van der Waals surface area contributed by atoms with E-state index in [9.17, 15) is 19.5 Å². The Morgan fingerprint density at radius 3 is 2.59 bits per heavy atom. The lowest BCUT2D eigenvalue weighted by molar-refractivity contribution is -0.148. The molecule has 0 saturated carbocycles. The number of fused-ring (bicyclic) bond motifs is 3. The molecule has 1 spiro atoms. The van der Waals surface area contributed by atoms with Crippen LogP contribution in [-0.2, 0) is 19.9 Å². The number of benzene rings is 3. The molecule has 4 aromatic rings. The van der Waals surface area contributed by atoms with Crippen LogP contribution in [0.3, 0.4) is 0 Å². The van der Waals surface area contributed by atoms with Gasteiger partial charge in [-0.15, -0.1) is 0 Å². The molecular weight excluding hydrogens is 600 g/mol. The molecule has 0 bridgehead atoms. The van der Waals surface area contributed by atoms with Crippen molar-refractivity contribution in [2.75, 3.05) is 25.6 Å². The first-order valence-electron chi connectivity index (χ1n) is 16.0. The summed E-state index contributed by atoms with van der Waals surface area (Å²) in [6, 6.07) is 20.7. The molecule has 11 heteroatoms. The third-order valence-electron chi connectivity index (χ3n) is 10.7. The third kappa shape index (κ3) is 4.55. The van der Waals surface area contributed by atoms with Crippen LogP contribution in [0.2, 0.25) is 18.6 Å². The molecule has 10 nitrogen and oxygen atoms in total. The van der Waals surface area contributed by atoms with E-state index in [1.54, 1.807) is 18.1 Å². The van der Waals surface area contributed by atoms with E-state index in [4.69, 9.17) is 9.47 Å². The highest BCUT2D eigenvalue weighted by Crippen LogP contribution is 2.58. The number of nitrogens with one attached hydrogen (secondary N) is 2. The fourth-order valence-electron chi connectivity index (χ4n) is 8.34. The number of para-hydroxylation sites is 1. The van der Waals surface area contributed by atoms with Crippen LogP contribution in [0.4, 0.5) is 5.69 Å². The summed E-state index contributed by atoms with van der Waals surface area (Å²) >= 11 is 0. The van der Waals surface area contributed by atoms with Crippen molar-refractivity contribution in [3.8, 4) is 11.4 Å². The highest BCUT2D eigenvalue weighted by Gasteiger charge is 2.65. The van der Waals surface area contributed by atoms with Gasteiger partial charge in [0, 0.05) is 23.7 Å². The number of aliphatic hydroxyl groups excluding tert-OH is 1. The largest absolute Gasteiger partial charge is 0.497 e. The summed E-state index contributed by atoms with van der Waals surface area (Å²) in [5, 5.41) is 18.0. The van der Waals surface area contributed by atoms with Gasteiger partial charge in [0.25, 0.3) is 11.5 Å². The highest BCUT2D eigenvalue weighted by atomic mass is 28.3. The minimum absolute atomic E-state index is 0.0626. The van der Waals surface area contributed by atoms with Crippen molar-refractivity contribution >= 4 is 41.7 Å². The SMILES string of the molecule is COc1ccc([Si](C)(C)[C@H]2[C@H](CC(=O)N3CCC[C@H]3CO)O[C@@]3(C(=O)Nc4ccc(-n5[nH]c6ccccc6c5=O)cc43)[C@@H]2C)cc1. The monoisotopic (exact) mass is 640 g/mol. The molecule has 1 aromatic heterocycles. The first kappa shape index (κ1) is 30.5. The predicted octanol–water partition coefficient (Wildman–Crippen LogP) is 3.87. The summed E-state index contributed by atoms with van der Waals surface area (Å²) in [7, 11) is -0.794. The zero-order valence-electron chi connectivity index (χ0n) is 26.6. The molecule has 2 saturated heterocycles. The quantitative estimate of drug-likeness (QED) is 0.264. The zero-order chi connectivity index (χ0) is 32.4. The van der Waals surface area contributed by atoms with Crippen molar-refractivity contribution in [1.82, 2.24) is 14.7 Å². The topological polar surface area (TPSA) is 126 Å². The van der Waals surface area contributed by atoms with Crippen molar-refractivity contribution in [2.24, 2.45) is 5.92 Å². The number of aliphatic hydroxyl groups is 1. The van der Waals surface area contributed by atoms with Gasteiger partial charge >= 0.3 is 0 Å². The van der Waals surface area contributed by atoms with Gasteiger partial charge in [-0.25, -0.2) is 4.68 Å². The van der Waals surface area contributed by atoms with Gasteiger partial charge in [0.1, 0.15) is 5.75 Å². The first-order valence-corrected chi connectivity index (χ1v) is 19.1. The number of ether oxygens (including phenoxy) is 2. The maximum Gasteiger partial charge on any atom is 0.279 e. The van der Waals surface area contributed by atoms with E-state index in [2.05, 4.69) is 42.6 Å². The molecule has 240 valence electrons. The van der Waals surface area contributed by atoms with E-state index in [1.807, 2.05) is 48.5 Å². The zero-order valence-corrected chi connectivity index (χ0v) is 27.6. The lowest BCUT2D eigenvalue weighted by Gasteiger charge is -2.37. The molecule has 2 fully saturated rings. The molecule has 2 amide bonds. The summed E-state index contributed by atoms with van der Waals surface area (Å²) in [5.74, 6) is 0.148. The van der Waals surface area contributed by atoms with Gasteiger partial charge in [0.2, 0.25) is 5.91 Å². The molecule has 0 aliphatic carbocycles. The number of aromatic amines is 1. The lowest BCUT2D eigenvalue weighted by atomic mass is 9.82. The number of hydrogen-bond acceptors (Lipinski definition) is 6. The van der Waals surface area contributed by atoms with Crippen LogP contribution in [0, 0.1) is 5.92 Å². The second kappa shape index (κ2) is 11.3. The number of anilines is 1. The van der Waals surface area contributed by atoms with Crippen LogP contribution in [0.15, 0.2) is 71.5 Å². The number of methoxy groups -OCH3 is 1. The molecule has 0 unspecified atom stereocenters. The minimum Gasteiger partial charge on any atom is -0.497 e. The summed E-state index contributed by atoms with van der Waals surface area (Å²) in [5.41, 5.74) is 0.973. The standard InChI is InChI=1S/C35H40N4O6Si/c1-21-32(46(3,4)25-14-12-24(44-2)13-15-25)30(19-31(41)38-17-7-8-23(38)20-40)45-35(21)27-18-22(11-16-29(27)36-34(35)43)39-33(42)26-9-5-6-10-28(26)37-39/h5-6,9-16,18,21,23,30,32,37,40H,7-8,17,19-20H2,1-4H3,(H,36,43)/t21-,23+,30+,32-,35+/m1/s1. The molecule has 3 N–H and O–H groups in total. The fraction of sp³-hybridized carbons (Fsp3) is 0.400. The average Bonchev–Trinajstić information content (AvgIpc) is 3.81. The maximum atomic E-state index is 14.2. The number of amides is 2. The molecule has 0 radical (unpaired) electrons. The fourth-order valence-corrected chi connectivity index (χ4v) is 12.4. The maximum absolute atomic E-state index is 14.2. The first-order chi connectivity index (χ1) is 22.1. The Kier molecular flexibility index (Phi) is 7.45. The summed E-state index contributed by atoms with van der Waals surface area (Å²) in [4.78, 5) is 43.2.